The van der Waals surface area contributed by atoms with Crippen molar-refractivity contribution in [2.45, 2.75) is 19.0 Å². The first-order valence-electron chi connectivity index (χ1n) is 5.51. The number of aliphatic hydroxyl groups excluding tert-OH is 1. The largest absolute Gasteiger partial charge is 0.454 e. The Bertz CT molecular complexity index is 419. The van der Waals surface area contributed by atoms with Gasteiger partial charge in [0.15, 0.2) is 11.5 Å². The highest BCUT2D eigenvalue weighted by Crippen LogP contribution is 2.40. The van der Waals surface area contributed by atoms with Crippen molar-refractivity contribution in [1.82, 2.24) is 4.90 Å². The second-order valence-electron chi connectivity index (χ2n) is 4.39. The average Bonchev–Trinajstić information content (AvgIpc) is 2.76. The van der Waals surface area contributed by atoms with Crippen LogP contribution in [0.5, 0.6) is 11.5 Å². The Balaban J connectivity index is 2.03. The highest BCUT2D eigenvalue weighted by Gasteiger charge is 2.28. The van der Waals surface area contributed by atoms with Gasteiger partial charge in [-0.3, -0.25) is 4.90 Å². The maximum Gasteiger partial charge on any atom is 0.231 e. The molecule has 0 saturated heterocycles. The van der Waals surface area contributed by atoms with Crippen LogP contribution in [0.3, 0.4) is 0 Å². The summed E-state index contributed by atoms with van der Waals surface area (Å²) in [4.78, 5) is 2.17. The topological polar surface area (TPSA) is 41.9 Å². The minimum Gasteiger partial charge on any atom is -0.454 e. The van der Waals surface area contributed by atoms with Crippen LogP contribution >= 0.6 is 0 Å². The highest BCUT2D eigenvalue weighted by molar-refractivity contribution is 5.53. The summed E-state index contributed by atoms with van der Waals surface area (Å²) in [5.74, 6) is 1.71. The molecule has 3 rings (SSSR count). The third-order valence-corrected chi connectivity index (χ3v) is 3.43. The smallest absolute Gasteiger partial charge is 0.231 e. The molecule has 0 radical (unpaired) electrons. The van der Waals surface area contributed by atoms with Crippen LogP contribution in [0.4, 0.5) is 0 Å². The van der Waals surface area contributed by atoms with Crippen LogP contribution in [0.1, 0.15) is 11.1 Å². The van der Waals surface area contributed by atoms with Crippen LogP contribution in [-0.2, 0) is 13.0 Å². The van der Waals surface area contributed by atoms with Gasteiger partial charge in [-0.05, 0) is 25.1 Å². The van der Waals surface area contributed by atoms with Crippen LogP contribution in [0.15, 0.2) is 12.1 Å². The van der Waals surface area contributed by atoms with Crippen molar-refractivity contribution in [2.24, 2.45) is 0 Å². The first-order valence-corrected chi connectivity index (χ1v) is 5.51. The summed E-state index contributed by atoms with van der Waals surface area (Å²) in [5, 5.41) is 9.32. The lowest BCUT2D eigenvalue weighted by molar-refractivity contribution is 0.129. The van der Waals surface area contributed by atoms with Crippen molar-refractivity contribution >= 4 is 0 Å². The van der Waals surface area contributed by atoms with Gasteiger partial charge in [0.05, 0.1) is 6.61 Å². The Morgan fingerprint density at radius 1 is 1.44 bits per heavy atom. The van der Waals surface area contributed by atoms with Crippen LogP contribution in [-0.4, -0.2) is 36.5 Å². The predicted octanol–water partition coefficient (Wildman–Crippen LogP) is 0.764. The first-order chi connectivity index (χ1) is 7.79. The fourth-order valence-corrected chi connectivity index (χ4v) is 2.44. The van der Waals surface area contributed by atoms with Crippen LogP contribution in [0.25, 0.3) is 0 Å². The third-order valence-electron chi connectivity index (χ3n) is 3.43. The Hall–Kier alpha value is -1.26. The van der Waals surface area contributed by atoms with E-state index in [1.165, 1.54) is 11.1 Å². The number of hydrogen-bond acceptors (Lipinski definition) is 4. The predicted molar refractivity (Wildman–Crippen MR) is 58.6 cm³/mol. The molecule has 1 atom stereocenters. The van der Waals surface area contributed by atoms with E-state index >= 15 is 0 Å². The number of benzene rings is 1. The van der Waals surface area contributed by atoms with Gasteiger partial charge in [0.1, 0.15) is 0 Å². The standard InChI is InChI=1S/C12H15NO3/c1-13-5-8-2-3-11-12(16-7-15-11)10(8)4-9(13)6-14/h2-3,9,14H,4-7H2,1H3/t9-/m0/s1. The molecule has 1 aromatic rings. The quantitative estimate of drug-likeness (QED) is 0.760. The lowest BCUT2D eigenvalue weighted by Crippen LogP contribution is -2.39. The molecule has 0 aromatic heterocycles. The van der Waals surface area contributed by atoms with E-state index in [1.54, 1.807) is 0 Å². The van der Waals surface area contributed by atoms with Gasteiger partial charge in [-0.2, -0.15) is 0 Å². The van der Waals surface area contributed by atoms with Gasteiger partial charge in [0, 0.05) is 18.2 Å². The zero-order valence-corrected chi connectivity index (χ0v) is 9.27. The molecule has 0 fully saturated rings. The van der Waals surface area contributed by atoms with E-state index in [-0.39, 0.29) is 12.6 Å². The van der Waals surface area contributed by atoms with E-state index in [4.69, 9.17) is 9.47 Å². The molecule has 4 nitrogen and oxygen atoms in total. The molecule has 0 aliphatic carbocycles. The molecule has 0 unspecified atom stereocenters. The molecule has 0 spiro atoms. The third kappa shape index (κ3) is 1.37. The summed E-state index contributed by atoms with van der Waals surface area (Å²) >= 11 is 0. The number of ether oxygens (including phenoxy) is 2. The number of rotatable bonds is 1. The SMILES string of the molecule is CN1Cc2ccc3c(c2C[C@H]1CO)OCO3. The second-order valence-corrected chi connectivity index (χ2v) is 4.39. The van der Waals surface area contributed by atoms with Crippen LogP contribution in [0, 0.1) is 0 Å². The second kappa shape index (κ2) is 3.64. The van der Waals surface area contributed by atoms with E-state index in [1.807, 2.05) is 13.1 Å². The van der Waals surface area contributed by atoms with Gasteiger partial charge in [-0.1, -0.05) is 6.07 Å². The molecule has 0 saturated carbocycles. The molecule has 0 bridgehead atoms. The van der Waals surface area contributed by atoms with Gasteiger partial charge in [-0.15, -0.1) is 0 Å². The lowest BCUT2D eigenvalue weighted by Gasteiger charge is -2.33. The Morgan fingerprint density at radius 2 is 2.31 bits per heavy atom. The van der Waals surface area contributed by atoms with E-state index in [9.17, 15) is 5.11 Å². The molecule has 4 heteroatoms. The molecule has 86 valence electrons. The van der Waals surface area contributed by atoms with Gasteiger partial charge in [0.25, 0.3) is 0 Å². The van der Waals surface area contributed by atoms with Crippen molar-refractivity contribution in [2.75, 3.05) is 20.4 Å². The molecule has 2 heterocycles. The molecular weight excluding hydrogens is 206 g/mol. The van der Waals surface area contributed by atoms with E-state index < -0.39 is 0 Å². The van der Waals surface area contributed by atoms with Crippen molar-refractivity contribution in [3.8, 4) is 11.5 Å². The Labute approximate surface area is 94.4 Å². The summed E-state index contributed by atoms with van der Waals surface area (Å²) in [6.07, 6.45) is 0.828. The van der Waals surface area contributed by atoms with Gasteiger partial charge in [0.2, 0.25) is 6.79 Å². The summed E-state index contributed by atoms with van der Waals surface area (Å²) in [5.41, 5.74) is 2.48. The average molecular weight is 221 g/mol. The van der Waals surface area contributed by atoms with E-state index in [0.29, 0.717) is 6.79 Å². The van der Waals surface area contributed by atoms with Crippen molar-refractivity contribution in [1.29, 1.82) is 0 Å². The van der Waals surface area contributed by atoms with Crippen molar-refractivity contribution in [3.05, 3.63) is 23.3 Å². The molecular formula is C12H15NO3. The monoisotopic (exact) mass is 221 g/mol. The minimum atomic E-state index is 0.181. The minimum absolute atomic E-state index is 0.181. The molecule has 1 N–H and O–H groups in total. The molecule has 0 amide bonds. The number of hydrogen-bond donors (Lipinski definition) is 1. The normalized spacial score (nSPS) is 23.2. The first kappa shape index (κ1) is 9.93. The van der Waals surface area contributed by atoms with Crippen molar-refractivity contribution in [3.63, 3.8) is 0 Å². The summed E-state index contributed by atoms with van der Waals surface area (Å²) in [7, 11) is 2.04. The molecule has 2 aliphatic heterocycles. The Kier molecular flexibility index (Phi) is 2.26. The van der Waals surface area contributed by atoms with Gasteiger partial charge >= 0.3 is 0 Å². The summed E-state index contributed by atoms with van der Waals surface area (Å²) < 4.78 is 10.9. The summed E-state index contributed by atoms with van der Waals surface area (Å²) in [6.45, 7) is 1.35. The number of fused-ring (bicyclic) bond motifs is 3. The maximum absolute atomic E-state index is 9.32. The fourth-order valence-electron chi connectivity index (χ4n) is 2.44. The molecule has 1 aromatic carbocycles. The van der Waals surface area contributed by atoms with Crippen LogP contribution in [0.2, 0.25) is 0 Å². The van der Waals surface area contributed by atoms with Crippen LogP contribution < -0.4 is 9.47 Å². The Morgan fingerprint density at radius 3 is 3.12 bits per heavy atom. The number of nitrogens with zero attached hydrogens (tertiary/aromatic N) is 1. The van der Waals surface area contributed by atoms with E-state index in [2.05, 4.69) is 11.0 Å². The number of aliphatic hydroxyl groups is 1. The maximum atomic E-state index is 9.32. The summed E-state index contributed by atoms with van der Waals surface area (Å²) in [6, 6.07) is 4.24. The highest BCUT2D eigenvalue weighted by atomic mass is 16.7. The zero-order chi connectivity index (χ0) is 11.1. The zero-order valence-electron chi connectivity index (χ0n) is 9.27. The number of likely N-dealkylation sites (N-methyl/N-ethyl adjacent to an activating group) is 1. The molecule has 16 heavy (non-hydrogen) atoms. The van der Waals surface area contributed by atoms with Gasteiger partial charge < -0.3 is 14.6 Å². The van der Waals surface area contributed by atoms with Gasteiger partial charge in [-0.25, -0.2) is 0 Å². The van der Waals surface area contributed by atoms with Crippen molar-refractivity contribution < 1.29 is 14.6 Å². The molecule has 2 aliphatic rings. The lowest BCUT2D eigenvalue weighted by atomic mass is 9.93. The fraction of sp³-hybridized carbons (Fsp3) is 0.500. The van der Waals surface area contributed by atoms with E-state index in [0.717, 1.165) is 24.5 Å².